The van der Waals surface area contributed by atoms with Crippen LogP contribution in [0.3, 0.4) is 0 Å². The average Bonchev–Trinajstić information content (AvgIpc) is 3.37. The van der Waals surface area contributed by atoms with Crippen molar-refractivity contribution in [2.75, 3.05) is 13.2 Å². The zero-order valence-electron chi connectivity index (χ0n) is 21.1. The molecule has 7 heteroatoms. The van der Waals surface area contributed by atoms with Gasteiger partial charge >= 0.3 is 6.09 Å². The number of hydrogen-bond acceptors (Lipinski definition) is 6. The van der Waals surface area contributed by atoms with Gasteiger partial charge in [-0.05, 0) is 99.4 Å². The normalized spacial score (nSPS) is 17.0. The van der Waals surface area contributed by atoms with E-state index in [9.17, 15) is 9.59 Å². The molecule has 0 bridgehead atoms. The highest BCUT2D eigenvalue weighted by atomic mass is 16.6. The third-order valence-corrected chi connectivity index (χ3v) is 6.53. The maximum Gasteiger partial charge on any atom is 0.418 e. The van der Waals surface area contributed by atoms with Gasteiger partial charge in [0.25, 0.3) is 0 Å². The Morgan fingerprint density at radius 3 is 2.61 bits per heavy atom. The molecule has 2 aromatic heterocycles. The van der Waals surface area contributed by atoms with Gasteiger partial charge in [0, 0.05) is 12.2 Å². The van der Waals surface area contributed by atoms with E-state index in [0.717, 1.165) is 30.7 Å². The Bertz CT molecular complexity index is 1250. The maximum atomic E-state index is 12.7. The number of pyridine rings is 1. The van der Waals surface area contributed by atoms with Crippen molar-refractivity contribution in [3.05, 3.63) is 71.7 Å². The fourth-order valence-electron chi connectivity index (χ4n) is 4.47. The summed E-state index contributed by atoms with van der Waals surface area (Å²) >= 11 is 0. The molecule has 36 heavy (non-hydrogen) atoms. The number of Topliss-reactive ketones (excluding diaryl/α,β-unsaturated/α-hetero) is 1. The Morgan fingerprint density at radius 1 is 1.08 bits per heavy atom. The second kappa shape index (κ2) is 9.90. The van der Waals surface area contributed by atoms with Crippen molar-refractivity contribution in [3.8, 4) is 17.0 Å². The van der Waals surface area contributed by atoms with Gasteiger partial charge in [-0.15, -0.1) is 0 Å². The number of fused-ring (bicyclic) bond motifs is 1. The average molecular weight is 488 g/mol. The SMILES string of the molecule is CC(C)(C)OC(=O)n1cccc1-c1ccc2c(c1)C[C@H](NCC(=O)c1ccc(OCC3CC3)cn1)C2. The molecule has 188 valence electrons. The number of nitrogens with zero attached hydrogens (tertiary/aromatic N) is 2. The number of carbonyl (C=O) groups is 2. The van der Waals surface area contributed by atoms with Crippen LogP contribution in [-0.4, -0.2) is 46.2 Å². The summed E-state index contributed by atoms with van der Waals surface area (Å²) in [6, 6.07) is 13.8. The van der Waals surface area contributed by atoms with Crippen molar-refractivity contribution in [3.63, 3.8) is 0 Å². The summed E-state index contributed by atoms with van der Waals surface area (Å²) in [5.41, 5.74) is 4.14. The number of carbonyl (C=O) groups excluding carboxylic acids is 2. The van der Waals surface area contributed by atoms with E-state index in [1.54, 1.807) is 23.0 Å². The van der Waals surface area contributed by atoms with Gasteiger partial charge in [0.2, 0.25) is 0 Å². The maximum absolute atomic E-state index is 12.7. The van der Waals surface area contributed by atoms with Crippen LogP contribution in [-0.2, 0) is 17.6 Å². The van der Waals surface area contributed by atoms with Crippen molar-refractivity contribution in [1.82, 2.24) is 14.9 Å². The number of nitrogens with one attached hydrogen (secondary N) is 1. The monoisotopic (exact) mass is 487 g/mol. The van der Waals surface area contributed by atoms with Crippen molar-refractivity contribution in [1.29, 1.82) is 0 Å². The van der Waals surface area contributed by atoms with Crippen molar-refractivity contribution in [2.45, 2.75) is 58.1 Å². The largest absolute Gasteiger partial charge is 0.492 e. The zero-order chi connectivity index (χ0) is 25.3. The summed E-state index contributed by atoms with van der Waals surface area (Å²) in [4.78, 5) is 29.6. The van der Waals surface area contributed by atoms with Crippen LogP contribution < -0.4 is 10.1 Å². The van der Waals surface area contributed by atoms with E-state index in [0.29, 0.717) is 17.4 Å². The minimum Gasteiger partial charge on any atom is -0.492 e. The van der Waals surface area contributed by atoms with E-state index in [1.807, 2.05) is 45.0 Å². The van der Waals surface area contributed by atoms with Gasteiger partial charge in [0.05, 0.1) is 25.0 Å². The molecule has 2 aliphatic carbocycles. The molecule has 0 unspecified atom stereocenters. The lowest BCUT2D eigenvalue weighted by Crippen LogP contribution is -2.34. The topological polar surface area (TPSA) is 82.5 Å². The Balaban J connectivity index is 1.17. The van der Waals surface area contributed by atoms with E-state index in [-0.39, 0.29) is 18.4 Å². The van der Waals surface area contributed by atoms with Gasteiger partial charge in [-0.2, -0.15) is 0 Å². The quantitative estimate of drug-likeness (QED) is 0.447. The Morgan fingerprint density at radius 2 is 1.89 bits per heavy atom. The molecule has 0 radical (unpaired) electrons. The van der Waals surface area contributed by atoms with Crippen LogP contribution >= 0.6 is 0 Å². The van der Waals surface area contributed by atoms with Gasteiger partial charge < -0.3 is 14.8 Å². The number of ether oxygens (including phenoxy) is 2. The summed E-state index contributed by atoms with van der Waals surface area (Å²) < 4.78 is 12.8. The van der Waals surface area contributed by atoms with Gasteiger partial charge in [0.1, 0.15) is 17.0 Å². The van der Waals surface area contributed by atoms with Crippen molar-refractivity contribution < 1.29 is 19.1 Å². The van der Waals surface area contributed by atoms with E-state index in [2.05, 4.69) is 22.4 Å². The number of rotatable bonds is 8. The summed E-state index contributed by atoms with van der Waals surface area (Å²) in [5.74, 6) is 1.36. The first kappa shape index (κ1) is 24.3. The molecule has 0 spiro atoms. The van der Waals surface area contributed by atoms with Gasteiger partial charge in [0.15, 0.2) is 5.78 Å². The molecule has 0 aliphatic heterocycles. The Labute approximate surface area is 211 Å². The zero-order valence-corrected chi connectivity index (χ0v) is 21.1. The van der Waals surface area contributed by atoms with Crippen LogP contribution in [0.15, 0.2) is 54.9 Å². The van der Waals surface area contributed by atoms with E-state index in [1.165, 1.54) is 24.0 Å². The smallest absolute Gasteiger partial charge is 0.418 e. The molecule has 1 fully saturated rings. The van der Waals surface area contributed by atoms with E-state index in [4.69, 9.17) is 9.47 Å². The molecule has 1 N–H and O–H groups in total. The molecule has 2 aliphatic rings. The van der Waals surface area contributed by atoms with Crippen LogP contribution in [0.5, 0.6) is 5.75 Å². The lowest BCUT2D eigenvalue weighted by atomic mass is 10.0. The summed E-state index contributed by atoms with van der Waals surface area (Å²) in [6.45, 7) is 6.54. The van der Waals surface area contributed by atoms with Gasteiger partial charge in [-0.3, -0.25) is 9.36 Å². The first-order chi connectivity index (χ1) is 17.2. The van der Waals surface area contributed by atoms with Crippen LogP contribution in [0, 0.1) is 5.92 Å². The van der Waals surface area contributed by atoms with Crippen LogP contribution in [0.1, 0.15) is 55.2 Å². The minimum atomic E-state index is -0.561. The molecule has 1 saturated carbocycles. The second-order valence-electron chi connectivity index (χ2n) is 10.8. The molecule has 0 amide bonds. The molecular weight excluding hydrogens is 454 g/mol. The van der Waals surface area contributed by atoms with E-state index >= 15 is 0 Å². The van der Waals surface area contributed by atoms with Crippen LogP contribution in [0.2, 0.25) is 0 Å². The molecule has 0 saturated heterocycles. The highest BCUT2D eigenvalue weighted by Gasteiger charge is 2.25. The minimum absolute atomic E-state index is 0.0319. The molecule has 5 rings (SSSR count). The summed E-state index contributed by atoms with van der Waals surface area (Å²) in [7, 11) is 0. The molecule has 1 atom stereocenters. The molecule has 7 nitrogen and oxygen atoms in total. The summed E-state index contributed by atoms with van der Waals surface area (Å²) in [6.07, 6.45) is 7.13. The lowest BCUT2D eigenvalue weighted by molar-refractivity contribution is 0.0540. The highest BCUT2D eigenvalue weighted by molar-refractivity contribution is 5.95. The molecular formula is C29H33N3O4. The molecule has 3 aromatic rings. The van der Waals surface area contributed by atoms with Gasteiger partial charge in [-0.1, -0.05) is 12.1 Å². The van der Waals surface area contributed by atoms with E-state index < -0.39 is 11.7 Å². The van der Waals surface area contributed by atoms with Crippen molar-refractivity contribution >= 4 is 11.9 Å². The Hall–Kier alpha value is -3.45. The number of ketones is 1. The fraction of sp³-hybridized carbons (Fsp3) is 0.414. The second-order valence-corrected chi connectivity index (χ2v) is 10.8. The first-order valence-electron chi connectivity index (χ1n) is 12.6. The van der Waals surface area contributed by atoms with Crippen LogP contribution in [0.25, 0.3) is 11.3 Å². The predicted molar refractivity (Wildman–Crippen MR) is 137 cm³/mol. The standard InChI is InChI=1S/C29H33N3O4/c1-29(2,3)36-28(34)32-12-4-5-26(32)21-9-8-20-14-23(15-22(20)13-21)30-17-27(33)25-11-10-24(16-31-25)35-18-19-6-7-19/h4-5,8-13,16,19,23,30H,6-7,14-15,17-18H2,1-3H3/t23-/m1/s1. The fourth-order valence-corrected chi connectivity index (χ4v) is 4.47. The van der Waals surface area contributed by atoms with Crippen molar-refractivity contribution in [2.24, 2.45) is 5.92 Å². The number of benzene rings is 1. The third-order valence-electron chi connectivity index (χ3n) is 6.53. The highest BCUT2D eigenvalue weighted by Crippen LogP contribution is 2.30. The van der Waals surface area contributed by atoms with Gasteiger partial charge in [-0.25, -0.2) is 9.78 Å². The molecule has 2 heterocycles. The third kappa shape index (κ3) is 5.85. The Kier molecular flexibility index (Phi) is 6.67. The lowest BCUT2D eigenvalue weighted by Gasteiger charge is -2.20. The number of aromatic nitrogens is 2. The van der Waals surface area contributed by atoms with Crippen LogP contribution in [0.4, 0.5) is 4.79 Å². The summed E-state index contributed by atoms with van der Waals surface area (Å²) in [5, 5.41) is 3.40. The number of hydrogen-bond donors (Lipinski definition) is 1. The first-order valence-corrected chi connectivity index (χ1v) is 12.6. The molecule has 1 aromatic carbocycles. The predicted octanol–water partition coefficient (Wildman–Crippen LogP) is 5.06.